The van der Waals surface area contributed by atoms with Crippen LogP contribution in [-0.2, 0) is 22.6 Å². The molecule has 25 heavy (non-hydrogen) atoms. The summed E-state index contributed by atoms with van der Waals surface area (Å²) >= 11 is 0. The van der Waals surface area contributed by atoms with Crippen molar-refractivity contribution in [2.24, 2.45) is 0 Å². The van der Waals surface area contributed by atoms with Gasteiger partial charge in [0.2, 0.25) is 11.8 Å². The molecule has 0 spiro atoms. The molecule has 0 saturated carbocycles. The van der Waals surface area contributed by atoms with Crippen molar-refractivity contribution in [1.29, 1.82) is 0 Å². The zero-order chi connectivity index (χ0) is 17.6. The van der Waals surface area contributed by atoms with Crippen molar-refractivity contribution < 1.29 is 9.59 Å². The van der Waals surface area contributed by atoms with Gasteiger partial charge in [-0.15, -0.1) is 0 Å². The van der Waals surface area contributed by atoms with Crippen molar-refractivity contribution in [3.63, 3.8) is 0 Å². The van der Waals surface area contributed by atoms with E-state index in [-0.39, 0.29) is 17.9 Å². The van der Waals surface area contributed by atoms with Gasteiger partial charge in [0.25, 0.3) is 0 Å². The summed E-state index contributed by atoms with van der Waals surface area (Å²) in [7, 11) is 0. The highest BCUT2D eigenvalue weighted by Gasteiger charge is 2.33. The molecule has 0 aliphatic carbocycles. The van der Waals surface area contributed by atoms with E-state index in [1.807, 2.05) is 61.5 Å². The second-order valence-corrected chi connectivity index (χ2v) is 6.55. The van der Waals surface area contributed by atoms with E-state index in [9.17, 15) is 9.59 Å². The Labute approximate surface area is 148 Å². The Hall–Kier alpha value is -2.62. The molecule has 130 valence electrons. The Bertz CT molecular complexity index is 743. The Morgan fingerprint density at radius 3 is 2.56 bits per heavy atom. The maximum Gasteiger partial charge on any atom is 0.243 e. The van der Waals surface area contributed by atoms with E-state index in [0.717, 1.165) is 29.5 Å². The van der Waals surface area contributed by atoms with Gasteiger partial charge in [0.15, 0.2) is 0 Å². The lowest BCUT2D eigenvalue weighted by atomic mass is 10.1. The number of likely N-dealkylation sites (tertiary alicyclic amines) is 1. The quantitative estimate of drug-likeness (QED) is 0.913. The topological polar surface area (TPSA) is 49.4 Å². The third-order valence-corrected chi connectivity index (χ3v) is 4.79. The van der Waals surface area contributed by atoms with Crippen molar-refractivity contribution >= 4 is 11.8 Å². The minimum atomic E-state index is -0.347. The summed E-state index contributed by atoms with van der Waals surface area (Å²) in [5.41, 5.74) is 3.25. The summed E-state index contributed by atoms with van der Waals surface area (Å²) in [4.78, 5) is 26.9. The molecule has 1 N–H and O–H groups in total. The maximum atomic E-state index is 12.6. The van der Waals surface area contributed by atoms with E-state index in [4.69, 9.17) is 0 Å². The van der Waals surface area contributed by atoms with Crippen LogP contribution in [-0.4, -0.2) is 29.3 Å². The number of hydrogen-bond donors (Lipinski definition) is 1. The van der Waals surface area contributed by atoms with Gasteiger partial charge in [-0.25, -0.2) is 0 Å². The number of benzene rings is 2. The van der Waals surface area contributed by atoms with Crippen LogP contribution in [0.4, 0.5) is 0 Å². The van der Waals surface area contributed by atoms with Crippen molar-refractivity contribution in [2.45, 2.75) is 38.8 Å². The van der Waals surface area contributed by atoms with Crippen LogP contribution in [0.3, 0.4) is 0 Å². The number of rotatable bonds is 5. The zero-order valence-corrected chi connectivity index (χ0v) is 14.6. The lowest BCUT2D eigenvalue weighted by Gasteiger charge is -2.24. The van der Waals surface area contributed by atoms with Crippen LogP contribution in [0.2, 0.25) is 0 Å². The molecule has 1 fully saturated rings. The smallest absolute Gasteiger partial charge is 0.243 e. The van der Waals surface area contributed by atoms with Crippen LogP contribution < -0.4 is 5.32 Å². The highest BCUT2D eigenvalue weighted by molar-refractivity contribution is 5.89. The van der Waals surface area contributed by atoms with Gasteiger partial charge in [0.1, 0.15) is 6.04 Å². The molecule has 2 aromatic rings. The average Bonchev–Trinajstić information content (AvgIpc) is 3.12. The van der Waals surface area contributed by atoms with E-state index in [1.54, 1.807) is 4.90 Å². The van der Waals surface area contributed by atoms with E-state index < -0.39 is 0 Å². The van der Waals surface area contributed by atoms with Gasteiger partial charge < -0.3 is 10.2 Å². The largest absolute Gasteiger partial charge is 0.350 e. The van der Waals surface area contributed by atoms with Crippen LogP contribution in [0.25, 0.3) is 0 Å². The highest BCUT2D eigenvalue weighted by atomic mass is 16.2. The van der Waals surface area contributed by atoms with Crippen LogP contribution in [0, 0.1) is 6.92 Å². The SMILES string of the molecule is Cc1ccccc1CNC(=O)C1CCCN1C(=O)Cc1ccccc1. The first-order chi connectivity index (χ1) is 12.1. The summed E-state index contributed by atoms with van der Waals surface area (Å²) in [5.74, 6) is -0.0260. The first-order valence-corrected chi connectivity index (χ1v) is 8.81. The molecule has 1 atom stereocenters. The molecule has 1 saturated heterocycles. The molecule has 0 radical (unpaired) electrons. The number of hydrogen-bond acceptors (Lipinski definition) is 2. The monoisotopic (exact) mass is 336 g/mol. The lowest BCUT2D eigenvalue weighted by molar-refractivity contribution is -0.138. The first-order valence-electron chi connectivity index (χ1n) is 8.81. The Morgan fingerprint density at radius 1 is 1.08 bits per heavy atom. The van der Waals surface area contributed by atoms with E-state index >= 15 is 0 Å². The fourth-order valence-electron chi connectivity index (χ4n) is 3.32. The number of nitrogens with zero attached hydrogens (tertiary/aromatic N) is 1. The number of nitrogens with one attached hydrogen (secondary N) is 1. The predicted molar refractivity (Wildman–Crippen MR) is 97.9 cm³/mol. The van der Waals surface area contributed by atoms with Crippen molar-refractivity contribution in [1.82, 2.24) is 10.2 Å². The summed E-state index contributed by atoms with van der Waals surface area (Å²) in [5, 5.41) is 3.00. The molecular formula is C21H24N2O2. The van der Waals surface area contributed by atoms with Crippen molar-refractivity contribution in [3.8, 4) is 0 Å². The van der Waals surface area contributed by atoms with Crippen molar-refractivity contribution in [2.75, 3.05) is 6.54 Å². The van der Waals surface area contributed by atoms with E-state index in [0.29, 0.717) is 19.5 Å². The summed E-state index contributed by atoms with van der Waals surface area (Å²) in [6, 6.07) is 17.4. The zero-order valence-electron chi connectivity index (χ0n) is 14.6. The number of carbonyl (C=O) groups excluding carboxylic acids is 2. The molecule has 1 aliphatic heterocycles. The van der Waals surface area contributed by atoms with E-state index in [1.165, 1.54) is 0 Å². The Kier molecular flexibility index (Phi) is 5.49. The molecular weight excluding hydrogens is 312 g/mol. The lowest BCUT2D eigenvalue weighted by Crippen LogP contribution is -2.46. The third kappa shape index (κ3) is 4.27. The molecule has 1 unspecified atom stereocenters. The highest BCUT2D eigenvalue weighted by Crippen LogP contribution is 2.19. The van der Waals surface area contributed by atoms with Gasteiger partial charge >= 0.3 is 0 Å². The van der Waals surface area contributed by atoms with Gasteiger partial charge in [-0.05, 0) is 36.5 Å². The predicted octanol–water partition coefficient (Wildman–Crippen LogP) is 2.84. The summed E-state index contributed by atoms with van der Waals surface area (Å²) < 4.78 is 0. The second-order valence-electron chi connectivity index (χ2n) is 6.55. The minimum absolute atomic E-state index is 0.0275. The fraction of sp³-hybridized carbons (Fsp3) is 0.333. The molecule has 0 bridgehead atoms. The maximum absolute atomic E-state index is 12.6. The average molecular weight is 336 g/mol. The third-order valence-electron chi connectivity index (χ3n) is 4.79. The first kappa shape index (κ1) is 17.2. The molecule has 1 heterocycles. The number of carbonyl (C=O) groups is 2. The number of amides is 2. The standard InChI is InChI=1S/C21H24N2O2/c1-16-8-5-6-11-18(16)15-22-21(25)19-12-7-13-23(19)20(24)14-17-9-3-2-4-10-17/h2-6,8-11,19H,7,12-15H2,1H3,(H,22,25). The van der Waals surface area contributed by atoms with Gasteiger partial charge in [-0.3, -0.25) is 9.59 Å². The van der Waals surface area contributed by atoms with Gasteiger partial charge in [-0.1, -0.05) is 54.6 Å². The van der Waals surface area contributed by atoms with Gasteiger partial charge in [-0.2, -0.15) is 0 Å². The summed E-state index contributed by atoms with van der Waals surface area (Å²) in [6.07, 6.45) is 1.96. The van der Waals surface area contributed by atoms with Crippen LogP contribution in [0.1, 0.15) is 29.5 Å². The van der Waals surface area contributed by atoms with Gasteiger partial charge in [0, 0.05) is 13.1 Å². The molecule has 4 heteroatoms. The van der Waals surface area contributed by atoms with Crippen LogP contribution in [0.5, 0.6) is 0 Å². The minimum Gasteiger partial charge on any atom is -0.350 e. The molecule has 2 amide bonds. The summed E-state index contributed by atoms with van der Waals surface area (Å²) in [6.45, 7) is 3.20. The van der Waals surface area contributed by atoms with Crippen LogP contribution >= 0.6 is 0 Å². The molecule has 3 rings (SSSR count). The molecule has 1 aliphatic rings. The van der Waals surface area contributed by atoms with E-state index in [2.05, 4.69) is 5.32 Å². The molecule has 0 aromatic heterocycles. The number of aryl methyl sites for hydroxylation is 1. The fourth-order valence-corrected chi connectivity index (χ4v) is 3.32. The van der Waals surface area contributed by atoms with Crippen molar-refractivity contribution in [3.05, 3.63) is 71.3 Å². The molecule has 4 nitrogen and oxygen atoms in total. The van der Waals surface area contributed by atoms with Crippen LogP contribution in [0.15, 0.2) is 54.6 Å². The Morgan fingerprint density at radius 2 is 1.80 bits per heavy atom. The second kappa shape index (κ2) is 7.97. The Balaban J connectivity index is 1.59. The normalized spacial score (nSPS) is 16.7. The van der Waals surface area contributed by atoms with Gasteiger partial charge in [0.05, 0.1) is 6.42 Å². The molecule has 2 aromatic carbocycles.